The number of carboxylic acid groups (broad SMARTS) is 1. The molecular weight excluding hydrogens is 446 g/mol. The Morgan fingerprint density at radius 1 is 0.941 bits per heavy atom. The standard InChI is InChI=1S/C24H35NO9/c1-8-20(26)32-18-11-10-17(12-19(18)33-21(27)9-2)13-24(22(28)29,25-15(5)6)34-23(30)31-16(7)14(3)4/h10-12,14-16,25H,8-9,13H2,1-7H3,(H,28,29)/t16?,24-/m0/s1. The fraction of sp³-hybridized carbons (Fsp3) is 0.583. The summed E-state index contributed by atoms with van der Waals surface area (Å²) in [6, 6.07) is 3.87. The number of carbonyl (C=O) groups is 4. The third-order valence-corrected chi connectivity index (χ3v) is 4.83. The molecular formula is C24H35NO9. The molecule has 0 radical (unpaired) electrons. The quantitative estimate of drug-likeness (QED) is 0.257. The van der Waals surface area contributed by atoms with E-state index in [4.69, 9.17) is 18.9 Å². The molecule has 10 heteroatoms. The predicted octanol–water partition coefficient (Wildman–Crippen LogP) is 3.84. The fourth-order valence-corrected chi connectivity index (χ4v) is 2.72. The number of aliphatic carboxylic acids is 1. The Balaban J connectivity index is 3.37. The van der Waals surface area contributed by atoms with Gasteiger partial charge in [0.1, 0.15) is 6.10 Å². The molecule has 0 bridgehead atoms. The number of carbonyl (C=O) groups excluding carboxylic acids is 3. The van der Waals surface area contributed by atoms with Crippen LogP contribution in [0, 0.1) is 5.92 Å². The van der Waals surface area contributed by atoms with Crippen LogP contribution in [-0.4, -0.2) is 47.0 Å². The number of hydrogen-bond donors (Lipinski definition) is 2. The van der Waals surface area contributed by atoms with Crippen LogP contribution in [0.2, 0.25) is 0 Å². The molecule has 0 saturated carbocycles. The highest BCUT2D eigenvalue weighted by Crippen LogP contribution is 2.31. The lowest BCUT2D eigenvalue weighted by Gasteiger charge is -2.32. The van der Waals surface area contributed by atoms with Gasteiger partial charge in [0.25, 0.3) is 5.72 Å². The summed E-state index contributed by atoms with van der Waals surface area (Å²) in [7, 11) is 0. The molecule has 1 rings (SSSR count). The van der Waals surface area contributed by atoms with Gasteiger partial charge in [-0.15, -0.1) is 0 Å². The first-order valence-electron chi connectivity index (χ1n) is 11.3. The second-order valence-electron chi connectivity index (χ2n) is 8.46. The Hall–Kier alpha value is -3.14. The van der Waals surface area contributed by atoms with Crippen molar-refractivity contribution in [2.24, 2.45) is 5.92 Å². The third kappa shape index (κ3) is 8.66. The summed E-state index contributed by atoms with van der Waals surface area (Å²) < 4.78 is 21.0. The van der Waals surface area contributed by atoms with Gasteiger partial charge in [0, 0.05) is 25.3 Å². The van der Waals surface area contributed by atoms with Gasteiger partial charge in [-0.25, -0.2) is 9.59 Å². The molecule has 0 aromatic heterocycles. The van der Waals surface area contributed by atoms with Crippen molar-refractivity contribution in [1.29, 1.82) is 0 Å². The van der Waals surface area contributed by atoms with Crippen LogP contribution in [-0.2, 0) is 30.3 Å². The Kier molecular flexibility index (Phi) is 11.0. The van der Waals surface area contributed by atoms with E-state index in [1.165, 1.54) is 18.2 Å². The highest BCUT2D eigenvalue weighted by molar-refractivity contribution is 5.81. The summed E-state index contributed by atoms with van der Waals surface area (Å²) in [6.45, 7) is 12.0. The van der Waals surface area contributed by atoms with Crippen molar-refractivity contribution < 1.29 is 43.2 Å². The monoisotopic (exact) mass is 481 g/mol. The lowest BCUT2D eigenvalue weighted by molar-refractivity contribution is -0.168. The number of carboxylic acids is 1. The van der Waals surface area contributed by atoms with E-state index in [1.54, 1.807) is 34.6 Å². The van der Waals surface area contributed by atoms with E-state index in [0.717, 1.165) is 0 Å². The zero-order chi connectivity index (χ0) is 26.1. The zero-order valence-corrected chi connectivity index (χ0v) is 20.8. The molecule has 1 aromatic carbocycles. The lowest BCUT2D eigenvalue weighted by atomic mass is 10.0. The van der Waals surface area contributed by atoms with Crippen LogP contribution in [0.1, 0.15) is 66.9 Å². The maximum Gasteiger partial charge on any atom is 0.510 e. The van der Waals surface area contributed by atoms with Crippen molar-refractivity contribution >= 4 is 24.1 Å². The molecule has 0 aliphatic heterocycles. The van der Waals surface area contributed by atoms with Gasteiger partial charge in [-0.1, -0.05) is 33.8 Å². The van der Waals surface area contributed by atoms with Crippen LogP contribution in [0.4, 0.5) is 4.79 Å². The van der Waals surface area contributed by atoms with Gasteiger partial charge in [-0.3, -0.25) is 14.9 Å². The smallest absolute Gasteiger partial charge is 0.477 e. The van der Waals surface area contributed by atoms with Crippen molar-refractivity contribution in [3.63, 3.8) is 0 Å². The van der Waals surface area contributed by atoms with E-state index < -0.39 is 35.9 Å². The maximum atomic E-state index is 12.4. The number of hydrogen-bond acceptors (Lipinski definition) is 9. The molecule has 0 amide bonds. The molecule has 1 unspecified atom stereocenters. The summed E-state index contributed by atoms with van der Waals surface area (Å²) in [4.78, 5) is 48.4. The van der Waals surface area contributed by atoms with Gasteiger partial charge < -0.3 is 24.1 Å². The molecule has 0 aliphatic carbocycles. The molecule has 0 aliphatic rings. The van der Waals surface area contributed by atoms with Crippen LogP contribution >= 0.6 is 0 Å². The van der Waals surface area contributed by atoms with Crippen LogP contribution in [0.3, 0.4) is 0 Å². The minimum absolute atomic E-state index is 0.000906. The highest BCUT2D eigenvalue weighted by atomic mass is 16.7. The van der Waals surface area contributed by atoms with Crippen molar-refractivity contribution in [2.75, 3.05) is 0 Å². The van der Waals surface area contributed by atoms with Crippen LogP contribution < -0.4 is 14.8 Å². The van der Waals surface area contributed by atoms with Gasteiger partial charge >= 0.3 is 24.1 Å². The van der Waals surface area contributed by atoms with Gasteiger partial charge in [-0.2, -0.15) is 0 Å². The maximum absolute atomic E-state index is 12.4. The van der Waals surface area contributed by atoms with Crippen LogP contribution in [0.5, 0.6) is 11.5 Å². The molecule has 0 heterocycles. The summed E-state index contributed by atoms with van der Waals surface area (Å²) >= 11 is 0. The normalized spacial score (nSPS) is 13.7. The van der Waals surface area contributed by atoms with E-state index in [1.807, 2.05) is 13.8 Å². The fourth-order valence-electron chi connectivity index (χ4n) is 2.72. The molecule has 2 atom stereocenters. The van der Waals surface area contributed by atoms with Gasteiger partial charge in [0.05, 0.1) is 0 Å². The zero-order valence-electron chi connectivity index (χ0n) is 20.8. The van der Waals surface area contributed by atoms with Gasteiger partial charge in [0.2, 0.25) is 0 Å². The average Bonchev–Trinajstić information content (AvgIpc) is 2.74. The molecule has 0 spiro atoms. The van der Waals surface area contributed by atoms with E-state index >= 15 is 0 Å². The largest absolute Gasteiger partial charge is 0.510 e. The second kappa shape index (κ2) is 12.9. The molecule has 1 aromatic rings. The molecule has 0 fully saturated rings. The Labute approximate surface area is 199 Å². The molecule has 190 valence electrons. The molecule has 10 nitrogen and oxygen atoms in total. The highest BCUT2D eigenvalue weighted by Gasteiger charge is 2.44. The number of nitrogens with one attached hydrogen (secondary N) is 1. The van der Waals surface area contributed by atoms with Crippen LogP contribution in [0.25, 0.3) is 0 Å². The van der Waals surface area contributed by atoms with E-state index in [0.29, 0.717) is 5.56 Å². The van der Waals surface area contributed by atoms with Crippen molar-refractivity contribution in [3.05, 3.63) is 23.8 Å². The predicted molar refractivity (Wildman–Crippen MR) is 123 cm³/mol. The summed E-state index contributed by atoms with van der Waals surface area (Å²) in [5.41, 5.74) is -1.83. The summed E-state index contributed by atoms with van der Waals surface area (Å²) in [5.74, 6) is -2.58. The lowest BCUT2D eigenvalue weighted by Crippen LogP contribution is -2.59. The topological polar surface area (TPSA) is 137 Å². The first kappa shape index (κ1) is 28.9. The molecule has 34 heavy (non-hydrogen) atoms. The van der Waals surface area contributed by atoms with Crippen molar-refractivity contribution in [3.8, 4) is 11.5 Å². The SMILES string of the molecule is CCC(=O)Oc1ccc(C[C@](NC(C)C)(OC(=O)OC(C)C(C)C)C(=O)O)cc1OC(=O)CC. The van der Waals surface area contributed by atoms with Crippen LogP contribution in [0.15, 0.2) is 18.2 Å². The third-order valence-electron chi connectivity index (χ3n) is 4.83. The Morgan fingerprint density at radius 3 is 1.97 bits per heavy atom. The summed E-state index contributed by atoms with van der Waals surface area (Å²) in [6.07, 6.45) is -1.78. The van der Waals surface area contributed by atoms with Crippen molar-refractivity contribution in [1.82, 2.24) is 5.32 Å². The second-order valence-corrected chi connectivity index (χ2v) is 8.46. The average molecular weight is 482 g/mol. The first-order chi connectivity index (χ1) is 15.8. The Bertz CT molecular complexity index is 881. The van der Waals surface area contributed by atoms with Crippen molar-refractivity contribution in [2.45, 2.75) is 85.6 Å². The minimum Gasteiger partial charge on any atom is -0.477 e. The molecule has 2 N–H and O–H groups in total. The number of rotatable bonds is 12. The minimum atomic E-state index is -2.17. The first-order valence-corrected chi connectivity index (χ1v) is 11.3. The number of benzene rings is 1. The van der Waals surface area contributed by atoms with E-state index in [2.05, 4.69) is 5.32 Å². The molecule has 0 saturated heterocycles. The number of ether oxygens (including phenoxy) is 4. The van der Waals surface area contributed by atoms with E-state index in [-0.39, 0.29) is 42.7 Å². The Morgan fingerprint density at radius 2 is 1.50 bits per heavy atom. The van der Waals surface area contributed by atoms with Gasteiger partial charge in [-0.05, 0) is 44.4 Å². The number of esters is 2. The summed E-state index contributed by atoms with van der Waals surface area (Å²) in [5, 5.41) is 12.8. The van der Waals surface area contributed by atoms with E-state index in [9.17, 15) is 24.3 Å². The van der Waals surface area contributed by atoms with Gasteiger partial charge in [0.15, 0.2) is 11.5 Å².